The van der Waals surface area contributed by atoms with Crippen molar-refractivity contribution in [2.24, 2.45) is 12.5 Å². The summed E-state index contributed by atoms with van der Waals surface area (Å²) in [4.78, 5) is 14.8. The molecule has 1 amide bonds. The largest absolute Gasteiger partial charge is 0.348 e. The molecule has 27 heavy (non-hydrogen) atoms. The quantitative estimate of drug-likeness (QED) is 0.767. The molecule has 0 aliphatic rings. The van der Waals surface area contributed by atoms with E-state index in [1.165, 1.54) is 12.1 Å². The summed E-state index contributed by atoms with van der Waals surface area (Å²) in [5, 5.41) is 7.32. The van der Waals surface area contributed by atoms with Crippen molar-refractivity contribution >= 4 is 5.91 Å². The van der Waals surface area contributed by atoms with E-state index in [2.05, 4.69) is 36.1 Å². The molecule has 1 heterocycles. The SMILES string of the molecule is CCN(CC(=O)NC(CC(C)(C)C)c1ccc(F)cc1)Cc1cnn(C)c1. The van der Waals surface area contributed by atoms with Crippen molar-refractivity contribution in [3.63, 3.8) is 0 Å². The predicted molar refractivity (Wildman–Crippen MR) is 106 cm³/mol. The van der Waals surface area contributed by atoms with Gasteiger partial charge in [0.05, 0.1) is 18.8 Å². The van der Waals surface area contributed by atoms with Gasteiger partial charge < -0.3 is 5.32 Å². The maximum absolute atomic E-state index is 13.3. The number of halogens is 1. The van der Waals surface area contributed by atoms with Gasteiger partial charge >= 0.3 is 0 Å². The van der Waals surface area contributed by atoms with Crippen LogP contribution in [0.25, 0.3) is 0 Å². The van der Waals surface area contributed by atoms with Crippen LogP contribution in [0.2, 0.25) is 0 Å². The van der Waals surface area contributed by atoms with Crippen LogP contribution >= 0.6 is 0 Å². The Morgan fingerprint density at radius 1 is 1.30 bits per heavy atom. The molecule has 0 radical (unpaired) electrons. The number of nitrogens with one attached hydrogen (secondary N) is 1. The summed E-state index contributed by atoms with van der Waals surface area (Å²) < 4.78 is 15.0. The highest BCUT2D eigenvalue weighted by molar-refractivity contribution is 5.78. The lowest BCUT2D eigenvalue weighted by atomic mass is 9.85. The van der Waals surface area contributed by atoms with Gasteiger partial charge in [-0.15, -0.1) is 0 Å². The first-order chi connectivity index (χ1) is 12.7. The lowest BCUT2D eigenvalue weighted by molar-refractivity contribution is -0.123. The van der Waals surface area contributed by atoms with E-state index in [1.807, 2.05) is 26.4 Å². The second-order valence-electron chi connectivity index (χ2n) is 8.26. The number of carbonyl (C=O) groups is 1. The Bertz CT molecular complexity index is 733. The second-order valence-corrected chi connectivity index (χ2v) is 8.26. The Morgan fingerprint density at radius 2 is 1.96 bits per heavy atom. The van der Waals surface area contributed by atoms with Gasteiger partial charge in [-0.05, 0) is 36.1 Å². The number of aromatic nitrogens is 2. The van der Waals surface area contributed by atoms with Crippen LogP contribution in [0.4, 0.5) is 4.39 Å². The molecule has 0 saturated heterocycles. The maximum atomic E-state index is 13.3. The van der Waals surface area contributed by atoms with Crippen molar-refractivity contribution < 1.29 is 9.18 Å². The Morgan fingerprint density at radius 3 is 2.48 bits per heavy atom. The molecular weight excluding hydrogens is 343 g/mol. The van der Waals surface area contributed by atoms with Gasteiger partial charge in [-0.2, -0.15) is 5.10 Å². The number of hydrogen-bond acceptors (Lipinski definition) is 3. The molecule has 1 aromatic carbocycles. The van der Waals surface area contributed by atoms with E-state index in [4.69, 9.17) is 0 Å². The van der Waals surface area contributed by atoms with Crippen molar-refractivity contribution in [1.29, 1.82) is 0 Å². The van der Waals surface area contributed by atoms with E-state index in [0.717, 1.165) is 24.1 Å². The van der Waals surface area contributed by atoms with Crippen molar-refractivity contribution in [3.8, 4) is 0 Å². The molecule has 1 atom stereocenters. The third kappa shape index (κ3) is 7.13. The van der Waals surface area contributed by atoms with Crippen LogP contribution in [0.1, 0.15) is 51.3 Å². The van der Waals surface area contributed by atoms with Crippen LogP contribution in [-0.4, -0.2) is 33.7 Å². The number of aryl methyl sites for hydroxylation is 1. The van der Waals surface area contributed by atoms with E-state index in [1.54, 1.807) is 16.8 Å². The fourth-order valence-electron chi connectivity index (χ4n) is 3.09. The standard InChI is InChI=1S/C21H31FN4O/c1-6-26(14-16-12-23-25(5)13-16)15-20(27)24-19(11-21(2,3)4)17-7-9-18(22)10-8-17/h7-10,12-13,19H,6,11,14-15H2,1-5H3,(H,24,27). The Hall–Kier alpha value is -2.21. The molecule has 0 saturated carbocycles. The minimum Gasteiger partial charge on any atom is -0.348 e. The summed E-state index contributed by atoms with van der Waals surface area (Å²) in [6.45, 7) is 10.2. The number of carbonyl (C=O) groups excluding carboxylic acids is 1. The first-order valence-electron chi connectivity index (χ1n) is 9.41. The summed E-state index contributed by atoms with van der Waals surface area (Å²) in [5.41, 5.74) is 2.04. The molecule has 5 nitrogen and oxygen atoms in total. The molecule has 0 aliphatic heterocycles. The third-order valence-corrected chi connectivity index (χ3v) is 4.40. The molecule has 2 aromatic rings. The van der Waals surface area contributed by atoms with E-state index in [0.29, 0.717) is 13.1 Å². The van der Waals surface area contributed by atoms with Gasteiger partial charge in [-0.25, -0.2) is 4.39 Å². The molecule has 0 spiro atoms. The summed E-state index contributed by atoms with van der Waals surface area (Å²) >= 11 is 0. The summed E-state index contributed by atoms with van der Waals surface area (Å²) in [5.74, 6) is -0.299. The minimum absolute atomic E-state index is 0.0284. The molecule has 0 aliphatic carbocycles. The zero-order valence-electron chi connectivity index (χ0n) is 17.0. The van der Waals surface area contributed by atoms with Crippen LogP contribution < -0.4 is 5.32 Å². The lowest BCUT2D eigenvalue weighted by Crippen LogP contribution is -2.39. The van der Waals surface area contributed by atoms with Crippen LogP contribution in [0.15, 0.2) is 36.7 Å². The number of hydrogen-bond donors (Lipinski definition) is 1. The highest BCUT2D eigenvalue weighted by Gasteiger charge is 2.23. The average Bonchev–Trinajstić information content (AvgIpc) is 2.98. The van der Waals surface area contributed by atoms with Gasteiger partial charge in [0.2, 0.25) is 5.91 Å². The number of rotatable bonds is 8. The first kappa shape index (κ1) is 21.1. The molecular formula is C21H31FN4O. The highest BCUT2D eigenvalue weighted by atomic mass is 19.1. The van der Waals surface area contributed by atoms with Gasteiger partial charge in [-0.3, -0.25) is 14.4 Å². The Kier molecular flexibility index (Phi) is 7.13. The molecule has 2 rings (SSSR count). The normalized spacial score (nSPS) is 13.0. The number of benzene rings is 1. The molecule has 0 fully saturated rings. The number of likely N-dealkylation sites (N-methyl/N-ethyl adjacent to an activating group) is 1. The summed E-state index contributed by atoms with van der Waals surface area (Å²) in [6, 6.07) is 6.24. The number of nitrogens with zero attached hydrogens (tertiary/aromatic N) is 3. The Labute approximate surface area is 161 Å². The number of amides is 1. The van der Waals surface area contributed by atoms with Crippen LogP contribution in [-0.2, 0) is 18.4 Å². The Balaban J connectivity index is 2.03. The third-order valence-electron chi connectivity index (χ3n) is 4.40. The van der Waals surface area contributed by atoms with Crippen molar-refractivity contribution in [3.05, 3.63) is 53.6 Å². The zero-order chi connectivity index (χ0) is 20.0. The van der Waals surface area contributed by atoms with E-state index >= 15 is 0 Å². The fourth-order valence-corrected chi connectivity index (χ4v) is 3.09. The smallest absolute Gasteiger partial charge is 0.234 e. The first-order valence-corrected chi connectivity index (χ1v) is 9.41. The van der Waals surface area contributed by atoms with Gasteiger partial charge in [0.15, 0.2) is 0 Å². The zero-order valence-corrected chi connectivity index (χ0v) is 17.0. The van der Waals surface area contributed by atoms with Gasteiger partial charge in [0.25, 0.3) is 0 Å². The van der Waals surface area contributed by atoms with E-state index < -0.39 is 0 Å². The fraction of sp³-hybridized carbons (Fsp3) is 0.524. The average molecular weight is 375 g/mol. The lowest BCUT2D eigenvalue weighted by Gasteiger charge is -2.28. The molecule has 0 bridgehead atoms. The molecule has 148 valence electrons. The van der Waals surface area contributed by atoms with Gasteiger partial charge in [0.1, 0.15) is 5.82 Å². The van der Waals surface area contributed by atoms with Crippen LogP contribution in [0.3, 0.4) is 0 Å². The summed E-state index contributed by atoms with van der Waals surface area (Å²) in [6.07, 6.45) is 4.56. The summed E-state index contributed by atoms with van der Waals surface area (Å²) in [7, 11) is 1.88. The molecule has 1 unspecified atom stereocenters. The molecule has 1 N–H and O–H groups in total. The minimum atomic E-state index is -0.270. The van der Waals surface area contributed by atoms with Gasteiger partial charge in [0, 0.05) is 25.4 Å². The molecule has 1 aromatic heterocycles. The molecule has 6 heteroatoms. The van der Waals surface area contributed by atoms with Crippen LogP contribution in [0.5, 0.6) is 0 Å². The van der Waals surface area contributed by atoms with Crippen molar-refractivity contribution in [2.45, 2.75) is 46.7 Å². The monoisotopic (exact) mass is 374 g/mol. The van der Waals surface area contributed by atoms with E-state index in [9.17, 15) is 9.18 Å². The topological polar surface area (TPSA) is 50.2 Å². The van der Waals surface area contributed by atoms with Crippen molar-refractivity contribution in [2.75, 3.05) is 13.1 Å². The van der Waals surface area contributed by atoms with Crippen molar-refractivity contribution in [1.82, 2.24) is 20.0 Å². The maximum Gasteiger partial charge on any atom is 0.234 e. The van der Waals surface area contributed by atoms with Gasteiger partial charge in [-0.1, -0.05) is 39.8 Å². The predicted octanol–water partition coefficient (Wildman–Crippen LogP) is 3.67. The highest BCUT2D eigenvalue weighted by Crippen LogP contribution is 2.29. The van der Waals surface area contributed by atoms with Crippen LogP contribution in [0, 0.1) is 11.2 Å². The second kappa shape index (κ2) is 9.13. The van der Waals surface area contributed by atoms with E-state index in [-0.39, 0.29) is 23.2 Å².